The number of ether oxygens (including phenoxy) is 1. The highest BCUT2D eigenvalue weighted by molar-refractivity contribution is 5.84. The van der Waals surface area contributed by atoms with E-state index in [1.807, 2.05) is 18.2 Å². The first-order chi connectivity index (χ1) is 10.1. The molecule has 2 rings (SSSR count). The molecule has 0 saturated carbocycles. The summed E-state index contributed by atoms with van der Waals surface area (Å²) in [5.41, 5.74) is 0. The number of carboxylic acid groups (broad SMARTS) is 1. The number of aromatic carboxylic acids is 1. The minimum Gasteiger partial charge on any atom is -0.481 e. The summed E-state index contributed by atoms with van der Waals surface area (Å²) in [7, 11) is 0. The number of carbonyl (C=O) groups excluding carboxylic acids is 1. The van der Waals surface area contributed by atoms with Crippen LogP contribution in [0.5, 0.6) is 5.75 Å². The first-order valence-electron chi connectivity index (χ1n) is 6.37. The van der Waals surface area contributed by atoms with Crippen molar-refractivity contribution in [3.05, 3.63) is 54.0 Å². The summed E-state index contributed by atoms with van der Waals surface area (Å²) in [5, 5.41) is 11.3. The normalized spacial score (nSPS) is 11.7. The molecule has 0 aliphatic heterocycles. The summed E-state index contributed by atoms with van der Waals surface area (Å²) >= 11 is 0. The van der Waals surface area contributed by atoms with E-state index in [9.17, 15) is 9.59 Å². The SMILES string of the molecule is CC(Oc1ccccc1)C(=O)NCc1ccc(C(=O)O)o1. The third-order valence-corrected chi connectivity index (χ3v) is 2.73. The summed E-state index contributed by atoms with van der Waals surface area (Å²) in [6.07, 6.45) is -0.665. The zero-order chi connectivity index (χ0) is 15.2. The lowest BCUT2D eigenvalue weighted by atomic mass is 10.3. The van der Waals surface area contributed by atoms with Crippen LogP contribution in [0.25, 0.3) is 0 Å². The lowest BCUT2D eigenvalue weighted by Crippen LogP contribution is -2.35. The van der Waals surface area contributed by atoms with Crippen LogP contribution < -0.4 is 10.1 Å². The Morgan fingerprint density at radius 1 is 1.24 bits per heavy atom. The largest absolute Gasteiger partial charge is 0.481 e. The molecule has 110 valence electrons. The summed E-state index contributed by atoms with van der Waals surface area (Å²) < 4.78 is 10.5. The van der Waals surface area contributed by atoms with E-state index in [0.717, 1.165) is 0 Å². The van der Waals surface area contributed by atoms with Gasteiger partial charge in [0.05, 0.1) is 6.54 Å². The number of benzene rings is 1. The van der Waals surface area contributed by atoms with E-state index in [1.165, 1.54) is 12.1 Å². The molecular weight excluding hydrogens is 274 g/mol. The Morgan fingerprint density at radius 2 is 1.95 bits per heavy atom. The van der Waals surface area contributed by atoms with Crippen LogP contribution in [0.4, 0.5) is 0 Å². The van der Waals surface area contributed by atoms with Gasteiger partial charge in [-0.2, -0.15) is 0 Å². The zero-order valence-electron chi connectivity index (χ0n) is 11.4. The van der Waals surface area contributed by atoms with Crippen molar-refractivity contribution < 1.29 is 23.8 Å². The summed E-state index contributed by atoms with van der Waals surface area (Å²) in [5.74, 6) is -0.646. The van der Waals surface area contributed by atoms with Crippen LogP contribution in [0.15, 0.2) is 46.9 Å². The molecule has 1 amide bonds. The molecule has 0 aliphatic carbocycles. The van der Waals surface area contributed by atoms with E-state index in [1.54, 1.807) is 19.1 Å². The number of hydrogen-bond acceptors (Lipinski definition) is 4. The molecule has 6 heteroatoms. The summed E-state index contributed by atoms with van der Waals surface area (Å²) in [6, 6.07) is 11.9. The average molecular weight is 289 g/mol. The highest BCUT2D eigenvalue weighted by Gasteiger charge is 2.15. The number of carboxylic acids is 1. The van der Waals surface area contributed by atoms with Gasteiger partial charge in [0.2, 0.25) is 5.76 Å². The van der Waals surface area contributed by atoms with Crippen LogP contribution in [0.1, 0.15) is 23.2 Å². The Hall–Kier alpha value is -2.76. The number of rotatable bonds is 6. The van der Waals surface area contributed by atoms with Gasteiger partial charge in [0.15, 0.2) is 6.10 Å². The number of para-hydroxylation sites is 1. The molecule has 0 fully saturated rings. The molecule has 21 heavy (non-hydrogen) atoms. The fourth-order valence-electron chi connectivity index (χ4n) is 1.66. The Kier molecular flexibility index (Phi) is 4.61. The van der Waals surface area contributed by atoms with E-state index in [-0.39, 0.29) is 18.2 Å². The van der Waals surface area contributed by atoms with E-state index < -0.39 is 12.1 Å². The molecule has 1 aromatic carbocycles. The van der Waals surface area contributed by atoms with Gasteiger partial charge in [-0.1, -0.05) is 18.2 Å². The van der Waals surface area contributed by atoms with Crippen LogP contribution in [0, 0.1) is 0 Å². The Morgan fingerprint density at radius 3 is 2.57 bits per heavy atom. The van der Waals surface area contributed by atoms with Crippen LogP contribution in [-0.2, 0) is 11.3 Å². The van der Waals surface area contributed by atoms with Gasteiger partial charge in [0.25, 0.3) is 5.91 Å². The molecular formula is C15H15NO5. The van der Waals surface area contributed by atoms with E-state index in [0.29, 0.717) is 11.5 Å². The summed E-state index contributed by atoms with van der Waals surface area (Å²) in [4.78, 5) is 22.5. The molecule has 0 aliphatic rings. The van der Waals surface area contributed by atoms with Crippen molar-refractivity contribution in [3.8, 4) is 5.75 Å². The fourth-order valence-corrected chi connectivity index (χ4v) is 1.66. The van der Waals surface area contributed by atoms with Gasteiger partial charge in [0.1, 0.15) is 11.5 Å². The van der Waals surface area contributed by atoms with Crippen LogP contribution >= 0.6 is 0 Å². The Labute approximate surface area is 121 Å². The summed E-state index contributed by atoms with van der Waals surface area (Å²) in [6.45, 7) is 1.74. The standard InChI is InChI=1S/C15H15NO5/c1-10(20-11-5-3-2-4-6-11)14(17)16-9-12-7-8-13(21-12)15(18)19/h2-8,10H,9H2,1H3,(H,16,17)(H,18,19). The van der Waals surface area contributed by atoms with Crippen molar-refractivity contribution in [2.24, 2.45) is 0 Å². The molecule has 1 atom stereocenters. The van der Waals surface area contributed by atoms with Gasteiger partial charge >= 0.3 is 5.97 Å². The van der Waals surface area contributed by atoms with Gasteiger partial charge in [-0.05, 0) is 31.2 Å². The number of hydrogen-bond donors (Lipinski definition) is 2. The van der Waals surface area contributed by atoms with Gasteiger partial charge in [-0.3, -0.25) is 4.79 Å². The predicted molar refractivity (Wildman–Crippen MR) is 74.0 cm³/mol. The van der Waals surface area contributed by atoms with E-state index in [4.69, 9.17) is 14.3 Å². The fraction of sp³-hybridized carbons (Fsp3) is 0.200. The van der Waals surface area contributed by atoms with Crippen LogP contribution in [0.3, 0.4) is 0 Å². The van der Waals surface area contributed by atoms with Crippen molar-refractivity contribution in [2.75, 3.05) is 0 Å². The Balaban J connectivity index is 1.84. The van der Waals surface area contributed by atoms with Crippen molar-refractivity contribution in [3.63, 3.8) is 0 Å². The molecule has 0 radical (unpaired) electrons. The van der Waals surface area contributed by atoms with Gasteiger partial charge in [0, 0.05) is 0 Å². The number of carbonyl (C=O) groups is 2. The maximum absolute atomic E-state index is 11.9. The smallest absolute Gasteiger partial charge is 0.371 e. The first kappa shape index (κ1) is 14.6. The van der Waals surface area contributed by atoms with Crippen molar-refractivity contribution in [2.45, 2.75) is 19.6 Å². The Bertz CT molecular complexity index is 620. The van der Waals surface area contributed by atoms with E-state index >= 15 is 0 Å². The second kappa shape index (κ2) is 6.60. The molecule has 6 nitrogen and oxygen atoms in total. The monoisotopic (exact) mass is 289 g/mol. The first-order valence-corrected chi connectivity index (χ1v) is 6.37. The highest BCUT2D eigenvalue weighted by atomic mass is 16.5. The zero-order valence-corrected chi connectivity index (χ0v) is 11.4. The lowest BCUT2D eigenvalue weighted by molar-refractivity contribution is -0.127. The van der Waals surface area contributed by atoms with Crippen molar-refractivity contribution in [1.82, 2.24) is 5.32 Å². The maximum Gasteiger partial charge on any atom is 0.371 e. The lowest BCUT2D eigenvalue weighted by Gasteiger charge is -2.14. The van der Waals surface area contributed by atoms with Crippen molar-refractivity contribution in [1.29, 1.82) is 0 Å². The van der Waals surface area contributed by atoms with Crippen LogP contribution in [0.2, 0.25) is 0 Å². The number of amides is 1. The second-order valence-electron chi connectivity index (χ2n) is 4.36. The van der Waals surface area contributed by atoms with Gasteiger partial charge in [-0.15, -0.1) is 0 Å². The second-order valence-corrected chi connectivity index (χ2v) is 4.36. The molecule has 0 saturated heterocycles. The molecule has 1 unspecified atom stereocenters. The third kappa shape index (κ3) is 4.10. The average Bonchev–Trinajstić information content (AvgIpc) is 2.95. The molecule has 1 heterocycles. The molecule has 1 aromatic heterocycles. The molecule has 0 spiro atoms. The van der Waals surface area contributed by atoms with E-state index in [2.05, 4.69) is 5.32 Å². The highest BCUT2D eigenvalue weighted by Crippen LogP contribution is 2.11. The molecule has 2 N–H and O–H groups in total. The van der Waals surface area contributed by atoms with Gasteiger partial charge in [-0.25, -0.2) is 4.79 Å². The molecule has 0 bridgehead atoms. The number of furan rings is 1. The predicted octanol–water partition coefficient (Wildman–Crippen LogP) is 2.06. The van der Waals surface area contributed by atoms with Gasteiger partial charge < -0.3 is 19.6 Å². The quantitative estimate of drug-likeness (QED) is 0.849. The number of nitrogens with one attached hydrogen (secondary N) is 1. The maximum atomic E-state index is 11.9. The third-order valence-electron chi connectivity index (χ3n) is 2.73. The minimum absolute atomic E-state index is 0.106. The van der Waals surface area contributed by atoms with Crippen LogP contribution in [-0.4, -0.2) is 23.1 Å². The molecule has 2 aromatic rings. The minimum atomic E-state index is -1.15. The topological polar surface area (TPSA) is 88.8 Å². The van der Waals surface area contributed by atoms with Crippen molar-refractivity contribution >= 4 is 11.9 Å².